The summed E-state index contributed by atoms with van der Waals surface area (Å²) in [7, 11) is 1.70. The normalized spacial score (nSPS) is 18.8. The lowest BCUT2D eigenvalue weighted by Gasteiger charge is -2.34. The highest BCUT2D eigenvalue weighted by molar-refractivity contribution is 6.00. The maximum Gasteiger partial charge on any atom is 0.323 e. The number of hydrogen-bond acceptors (Lipinski definition) is 7. The summed E-state index contributed by atoms with van der Waals surface area (Å²) >= 11 is 0. The van der Waals surface area contributed by atoms with Crippen LogP contribution in [0.15, 0.2) is 36.4 Å². The quantitative estimate of drug-likeness (QED) is 0.401. The first kappa shape index (κ1) is 29.8. The molecule has 0 fully saturated rings. The number of aliphatic hydroxyl groups excluding tert-OH is 1. The molecule has 4 rings (SSSR count). The molecular formula is C29H39N5O7. The van der Waals surface area contributed by atoms with Gasteiger partial charge in [0.05, 0.1) is 25.6 Å². The smallest absolute Gasteiger partial charge is 0.323 e. The Morgan fingerprint density at radius 1 is 1.05 bits per heavy atom. The molecule has 4 N–H and O–H groups in total. The first-order valence-corrected chi connectivity index (χ1v) is 13.7. The molecule has 5 amide bonds. The van der Waals surface area contributed by atoms with E-state index >= 15 is 0 Å². The average Bonchev–Trinajstić information content (AvgIpc) is 3.40. The van der Waals surface area contributed by atoms with Crippen molar-refractivity contribution in [3.8, 4) is 17.2 Å². The number of rotatable bonds is 7. The third-order valence-electron chi connectivity index (χ3n) is 7.02. The molecule has 0 saturated carbocycles. The molecule has 222 valence electrons. The zero-order valence-electron chi connectivity index (χ0n) is 24.1. The third kappa shape index (κ3) is 7.51. The number of benzene rings is 2. The van der Waals surface area contributed by atoms with Gasteiger partial charge in [0.25, 0.3) is 0 Å². The Kier molecular flexibility index (Phi) is 9.43. The summed E-state index contributed by atoms with van der Waals surface area (Å²) in [6.07, 6.45) is -0.425. The number of fused-ring (bicyclic) bond motifs is 2. The number of urea groups is 2. The Bertz CT molecular complexity index is 1270. The van der Waals surface area contributed by atoms with Gasteiger partial charge in [0, 0.05) is 48.6 Å². The van der Waals surface area contributed by atoms with E-state index in [1.165, 1.54) is 0 Å². The minimum Gasteiger partial charge on any atom is -0.488 e. The van der Waals surface area contributed by atoms with Crippen molar-refractivity contribution in [1.82, 2.24) is 15.1 Å². The van der Waals surface area contributed by atoms with E-state index in [0.717, 1.165) is 0 Å². The number of anilines is 2. The lowest BCUT2D eigenvalue weighted by atomic mass is 10.0. The molecule has 0 aliphatic carbocycles. The molecule has 0 unspecified atom stereocenters. The maximum atomic E-state index is 13.4. The lowest BCUT2D eigenvalue weighted by molar-refractivity contribution is -0.134. The highest BCUT2D eigenvalue weighted by Gasteiger charge is 2.32. The Morgan fingerprint density at radius 3 is 2.39 bits per heavy atom. The second-order valence-electron chi connectivity index (χ2n) is 10.8. The van der Waals surface area contributed by atoms with Gasteiger partial charge in [-0.05, 0) is 51.1 Å². The van der Waals surface area contributed by atoms with Gasteiger partial charge >= 0.3 is 12.1 Å². The minimum atomic E-state index is -0.473. The number of likely N-dealkylation sites (N-methyl/N-ethyl adjacent to an activating group) is 1. The van der Waals surface area contributed by atoms with Crippen LogP contribution in [0.25, 0.3) is 0 Å². The molecule has 12 nitrogen and oxygen atoms in total. The number of nitrogens with zero attached hydrogens (tertiary/aromatic N) is 2. The zero-order valence-corrected chi connectivity index (χ0v) is 24.1. The molecule has 0 bridgehead atoms. The Morgan fingerprint density at radius 2 is 1.71 bits per heavy atom. The van der Waals surface area contributed by atoms with Crippen molar-refractivity contribution >= 4 is 29.3 Å². The van der Waals surface area contributed by atoms with Gasteiger partial charge in [0.2, 0.25) is 12.7 Å². The van der Waals surface area contributed by atoms with Crippen LogP contribution in [0.1, 0.15) is 33.3 Å². The molecule has 0 aromatic heterocycles. The number of hydrogen-bond donors (Lipinski definition) is 4. The minimum absolute atomic E-state index is 0.0160. The Labute approximate surface area is 239 Å². The van der Waals surface area contributed by atoms with Gasteiger partial charge in [0.1, 0.15) is 11.9 Å². The van der Waals surface area contributed by atoms with Crippen molar-refractivity contribution in [2.24, 2.45) is 5.92 Å². The van der Waals surface area contributed by atoms with Crippen molar-refractivity contribution < 1.29 is 33.7 Å². The fourth-order valence-corrected chi connectivity index (χ4v) is 4.70. The predicted octanol–water partition coefficient (Wildman–Crippen LogP) is 3.26. The van der Waals surface area contributed by atoms with Gasteiger partial charge < -0.3 is 45.1 Å². The highest BCUT2D eigenvalue weighted by atomic mass is 16.7. The van der Waals surface area contributed by atoms with Crippen molar-refractivity contribution in [1.29, 1.82) is 0 Å². The number of carbonyl (C=O) groups excluding carboxylic acids is 3. The van der Waals surface area contributed by atoms with Crippen molar-refractivity contribution in [2.45, 2.75) is 52.3 Å². The van der Waals surface area contributed by atoms with Crippen LogP contribution < -0.4 is 30.2 Å². The molecule has 2 aliphatic heterocycles. The van der Waals surface area contributed by atoms with E-state index in [4.69, 9.17) is 14.2 Å². The van der Waals surface area contributed by atoms with E-state index in [1.807, 2.05) is 20.8 Å². The van der Waals surface area contributed by atoms with Crippen molar-refractivity contribution in [2.75, 3.05) is 44.2 Å². The van der Waals surface area contributed by atoms with Crippen LogP contribution in [-0.2, 0) is 11.2 Å². The number of carbonyl (C=O) groups is 3. The molecule has 3 atom stereocenters. The van der Waals surface area contributed by atoms with Gasteiger partial charge in [-0.3, -0.25) is 4.79 Å². The lowest BCUT2D eigenvalue weighted by Crippen LogP contribution is -2.49. The van der Waals surface area contributed by atoms with E-state index in [1.54, 1.807) is 60.2 Å². The Balaban J connectivity index is 1.55. The summed E-state index contributed by atoms with van der Waals surface area (Å²) in [5.41, 5.74) is 1.58. The summed E-state index contributed by atoms with van der Waals surface area (Å²) < 4.78 is 17.1. The van der Waals surface area contributed by atoms with Gasteiger partial charge in [-0.25, -0.2) is 9.59 Å². The maximum absolute atomic E-state index is 13.4. The van der Waals surface area contributed by atoms with E-state index < -0.39 is 18.2 Å². The summed E-state index contributed by atoms with van der Waals surface area (Å²) in [5.74, 6) is 1.33. The van der Waals surface area contributed by atoms with Crippen molar-refractivity contribution in [3.05, 3.63) is 42.0 Å². The predicted molar refractivity (Wildman–Crippen MR) is 153 cm³/mol. The van der Waals surface area contributed by atoms with Gasteiger partial charge in [-0.2, -0.15) is 0 Å². The molecule has 41 heavy (non-hydrogen) atoms. The SMILES string of the molecule is CC(C)NC(=O)N(C)C[C@H]1Oc2ccc(NC(=O)Nc3ccc4c(c3)OCO4)cc2CC(=O)N([C@H](C)CO)C[C@@H]1C. The van der Waals surface area contributed by atoms with Crippen LogP contribution >= 0.6 is 0 Å². The van der Waals surface area contributed by atoms with E-state index in [0.29, 0.717) is 40.7 Å². The molecule has 12 heteroatoms. The third-order valence-corrected chi connectivity index (χ3v) is 7.02. The topological polar surface area (TPSA) is 142 Å². The van der Waals surface area contributed by atoms with E-state index in [9.17, 15) is 19.5 Å². The van der Waals surface area contributed by atoms with Crippen molar-refractivity contribution in [3.63, 3.8) is 0 Å². The molecule has 0 spiro atoms. The summed E-state index contributed by atoms with van der Waals surface area (Å²) in [6, 6.07) is 9.11. The van der Waals surface area contributed by atoms with Crippen LogP contribution in [0.5, 0.6) is 17.2 Å². The molecule has 0 saturated heterocycles. The molecule has 2 heterocycles. The van der Waals surface area contributed by atoms with Crippen LogP contribution in [0.2, 0.25) is 0 Å². The summed E-state index contributed by atoms with van der Waals surface area (Å²) in [4.78, 5) is 42.0. The standard InChI is InChI=1S/C29H39N5O7/c1-17(2)30-29(38)33(5)14-26-18(3)13-34(19(4)15-35)27(36)11-20-10-21(6-8-23(20)41-26)31-28(37)32-22-7-9-24-25(12-22)40-16-39-24/h6-10,12,17-19,26,35H,11,13-16H2,1-5H3,(H,30,38)(H2,31,32,37)/t18-,19+,26+/m0/s1. The van der Waals surface area contributed by atoms with Crippen LogP contribution in [-0.4, -0.2) is 84.6 Å². The van der Waals surface area contributed by atoms with Gasteiger partial charge in [0.15, 0.2) is 11.5 Å². The molecular weight excluding hydrogens is 530 g/mol. The van der Waals surface area contributed by atoms with Crippen LogP contribution in [0.3, 0.4) is 0 Å². The fourth-order valence-electron chi connectivity index (χ4n) is 4.70. The van der Waals surface area contributed by atoms with E-state index in [2.05, 4.69) is 16.0 Å². The van der Waals surface area contributed by atoms with E-state index in [-0.39, 0.29) is 50.3 Å². The zero-order chi connectivity index (χ0) is 29.7. The number of nitrogens with one attached hydrogen (secondary N) is 3. The number of aliphatic hydroxyl groups is 1. The monoisotopic (exact) mass is 569 g/mol. The van der Waals surface area contributed by atoms with Crippen LogP contribution in [0, 0.1) is 5.92 Å². The molecule has 2 aromatic carbocycles. The highest BCUT2D eigenvalue weighted by Crippen LogP contribution is 2.34. The second kappa shape index (κ2) is 13.0. The van der Waals surface area contributed by atoms with Gasteiger partial charge in [-0.1, -0.05) is 6.92 Å². The fraction of sp³-hybridized carbons (Fsp3) is 0.483. The molecule has 2 aromatic rings. The second-order valence-corrected chi connectivity index (χ2v) is 10.8. The first-order valence-electron chi connectivity index (χ1n) is 13.7. The number of ether oxygens (including phenoxy) is 3. The first-order chi connectivity index (χ1) is 19.5. The Hall–Kier alpha value is -4.19. The van der Waals surface area contributed by atoms with Crippen LogP contribution in [0.4, 0.5) is 21.0 Å². The molecule has 2 aliphatic rings. The number of amides is 5. The largest absolute Gasteiger partial charge is 0.488 e. The van der Waals surface area contributed by atoms with Gasteiger partial charge in [-0.15, -0.1) is 0 Å². The molecule has 0 radical (unpaired) electrons. The average molecular weight is 570 g/mol. The summed E-state index contributed by atoms with van der Waals surface area (Å²) in [6.45, 7) is 8.12. The summed E-state index contributed by atoms with van der Waals surface area (Å²) in [5, 5.41) is 18.3.